The third kappa shape index (κ3) is 2.68. The van der Waals surface area contributed by atoms with E-state index in [-0.39, 0.29) is 12.1 Å². The van der Waals surface area contributed by atoms with Gasteiger partial charge in [0.2, 0.25) is 0 Å². The van der Waals surface area contributed by atoms with E-state index >= 15 is 0 Å². The van der Waals surface area contributed by atoms with Crippen LogP contribution in [0.2, 0.25) is 0 Å². The fourth-order valence-electron chi connectivity index (χ4n) is 2.66. The van der Waals surface area contributed by atoms with Crippen molar-refractivity contribution in [2.24, 2.45) is 5.84 Å². The molecule has 2 aliphatic heterocycles. The van der Waals surface area contributed by atoms with Gasteiger partial charge in [-0.25, -0.2) is 0 Å². The number of hydrogen-bond donors (Lipinski definition) is 2. The second kappa shape index (κ2) is 5.77. The maximum absolute atomic E-state index is 5.71. The molecule has 1 aromatic carbocycles. The molecule has 0 spiro atoms. The Morgan fingerprint density at radius 3 is 2.68 bits per heavy atom. The minimum Gasteiger partial charge on any atom is -0.490 e. The Kier molecular flexibility index (Phi) is 3.87. The van der Waals surface area contributed by atoms with Gasteiger partial charge in [0.15, 0.2) is 11.5 Å². The summed E-state index contributed by atoms with van der Waals surface area (Å²) in [5.41, 5.74) is 3.94. The molecule has 2 heterocycles. The number of rotatable bonds is 3. The smallest absolute Gasteiger partial charge is 0.161 e. The molecule has 3 N–H and O–H groups in total. The first-order chi connectivity index (χ1) is 9.38. The maximum Gasteiger partial charge on any atom is 0.161 e. The van der Waals surface area contributed by atoms with Crippen LogP contribution in [-0.4, -0.2) is 25.9 Å². The summed E-state index contributed by atoms with van der Waals surface area (Å²) in [6.45, 7) is 2.21. The predicted octanol–water partition coefficient (Wildman–Crippen LogP) is 1.53. The fraction of sp³-hybridized carbons (Fsp3) is 0.571. The van der Waals surface area contributed by atoms with Gasteiger partial charge in [-0.05, 0) is 30.5 Å². The molecule has 3 rings (SSSR count). The fourth-order valence-corrected chi connectivity index (χ4v) is 2.66. The zero-order valence-electron chi connectivity index (χ0n) is 10.9. The molecule has 1 saturated heterocycles. The molecule has 0 amide bonds. The van der Waals surface area contributed by atoms with Crippen molar-refractivity contribution in [1.82, 2.24) is 5.43 Å². The monoisotopic (exact) mass is 264 g/mol. The standard InChI is InChI=1S/C14H20N2O3/c15-16-14(12-3-1-6-18-12)10-4-5-11-13(9-10)19-8-2-7-17-11/h4-5,9,12,14,16H,1-3,6-8,15H2. The van der Waals surface area contributed by atoms with Gasteiger partial charge in [-0.2, -0.15) is 0 Å². The van der Waals surface area contributed by atoms with Crippen LogP contribution in [0.5, 0.6) is 11.5 Å². The molecule has 104 valence electrons. The maximum atomic E-state index is 5.71. The number of nitrogens with one attached hydrogen (secondary N) is 1. The molecule has 5 nitrogen and oxygen atoms in total. The normalized spacial score (nSPS) is 23.9. The van der Waals surface area contributed by atoms with Crippen LogP contribution in [0.1, 0.15) is 30.9 Å². The van der Waals surface area contributed by atoms with E-state index in [0.29, 0.717) is 13.2 Å². The van der Waals surface area contributed by atoms with Gasteiger partial charge in [-0.1, -0.05) is 6.07 Å². The summed E-state index contributed by atoms with van der Waals surface area (Å²) >= 11 is 0. The average molecular weight is 264 g/mol. The lowest BCUT2D eigenvalue weighted by molar-refractivity contribution is 0.0782. The molecule has 0 bridgehead atoms. The number of ether oxygens (including phenoxy) is 3. The van der Waals surface area contributed by atoms with E-state index < -0.39 is 0 Å². The molecule has 0 radical (unpaired) electrons. The van der Waals surface area contributed by atoms with Gasteiger partial charge >= 0.3 is 0 Å². The van der Waals surface area contributed by atoms with Gasteiger partial charge in [-0.15, -0.1) is 0 Å². The first-order valence-corrected chi connectivity index (χ1v) is 6.86. The predicted molar refractivity (Wildman–Crippen MR) is 71.1 cm³/mol. The summed E-state index contributed by atoms with van der Waals surface area (Å²) < 4.78 is 17.1. The van der Waals surface area contributed by atoms with Crippen LogP contribution in [0.25, 0.3) is 0 Å². The second-order valence-corrected chi connectivity index (χ2v) is 4.95. The lowest BCUT2D eigenvalue weighted by atomic mass is 9.99. The SMILES string of the molecule is NNC(c1ccc2c(c1)OCCCO2)C1CCCO1. The highest BCUT2D eigenvalue weighted by atomic mass is 16.5. The van der Waals surface area contributed by atoms with E-state index in [4.69, 9.17) is 20.1 Å². The highest BCUT2D eigenvalue weighted by molar-refractivity contribution is 5.44. The van der Waals surface area contributed by atoms with Crippen molar-refractivity contribution >= 4 is 0 Å². The number of nitrogens with two attached hydrogens (primary N) is 1. The molecule has 2 aliphatic rings. The van der Waals surface area contributed by atoms with Crippen LogP contribution in [-0.2, 0) is 4.74 Å². The van der Waals surface area contributed by atoms with Crippen LogP contribution in [0.4, 0.5) is 0 Å². The minimum atomic E-state index is -0.000321. The topological polar surface area (TPSA) is 65.7 Å². The number of hydrazine groups is 1. The summed E-state index contributed by atoms with van der Waals surface area (Å²) in [6, 6.07) is 5.99. The van der Waals surface area contributed by atoms with E-state index in [0.717, 1.165) is 42.9 Å². The van der Waals surface area contributed by atoms with E-state index in [1.165, 1.54) is 0 Å². The zero-order chi connectivity index (χ0) is 13.1. The number of benzene rings is 1. The molecule has 19 heavy (non-hydrogen) atoms. The number of hydrogen-bond acceptors (Lipinski definition) is 5. The summed E-state index contributed by atoms with van der Waals surface area (Å²) in [7, 11) is 0. The summed E-state index contributed by atoms with van der Waals surface area (Å²) in [5.74, 6) is 7.30. The Hall–Kier alpha value is -1.30. The third-order valence-corrected chi connectivity index (χ3v) is 3.65. The lowest BCUT2D eigenvalue weighted by Crippen LogP contribution is -2.36. The minimum absolute atomic E-state index is 0.000321. The quantitative estimate of drug-likeness (QED) is 0.640. The summed E-state index contributed by atoms with van der Waals surface area (Å²) in [6.07, 6.45) is 3.17. The van der Waals surface area contributed by atoms with Crippen LogP contribution in [0.3, 0.4) is 0 Å². The molecule has 0 saturated carbocycles. The lowest BCUT2D eigenvalue weighted by Gasteiger charge is -2.23. The van der Waals surface area contributed by atoms with Gasteiger partial charge in [0.05, 0.1) is 25.4 Å². The summed E-state index contributed by atoms with van der Waals surface area (Å²) in [5, 5.41) is 0. The van der Waals surface area contributed by atoms with Gasteiger partial charge < -0.3 is 14.2 Å². The van der Waals surface area contributed by atoms with Crippen molar-refractivity contribution in [2.75, 3.05) is 19.8 Å². The van der Waals surface area contributed by atoms with Crippen molar-refractivity contribution in [3.8, 4) is 11.5 Å². The van der Waals surface area contributed by atoms with E-state index in [1.54, 1.807) is 0 Å². The van der Waals surface area contributed by atoms with Crippen LogP contribution in [0, 0.1) is 0 Å². The van der Waals surface area contributed by atoms with Gasteiger partial charge in [0.1, 0.15) is 0 Å². The van der Waals surface area contributed by atoms with Crippen molar-refractivity contribution in [1.29, 1.82) is 0 Å². The highest BCUT2D eigenvalue weighted by Gasteiger charge is 2.27. The van der Waals surface area contributed by atoms with Crippen molar-refractivity contribution < 1.29 is 14.2 Å². The van der Waals surface area contributed by atoms with Crippen LogP contribution >= 0.6 is 0 Å². The largest absolute Gasteiger partial charge is 0.490 e. The van der Waals surface area contributed by atoms with Gasteiger partial charge in [0, 0.05) is 13.0 Å². The van der Waals surface area contributed by atoms with Crippen molar-refractivity contribution in [3.63, 3.8) is 0 Å². The van der Waals surface area contributed by atoms with E-state index in [9.17, 15) is 0 Å². The first-order valence-electron chi connectivity index (χ1n) is 6.86. The Bertz CT molecular complexity index is 433. The Labute approximate surface area is 113 Å². The van der Waals surface area contributed by atoms with Gasteiger partial charge in [-0.3, -0.25) is 11.3 Å². The van der Waals surface area contributed by atoms with E-state index in [2.05, 4.69) is 5.43 Å². The van der Waals surface area contributed by atoms with Crippen molar-refractivity contribution in [2.45, 2.75) is 31.4 Å². The Morgan fingerprint density at radius 2 is 1.95 bits per heavy atom. The molecule has 0 aromatic heterocycles. The zero-order valence-corrected chi connectivity index (χ0v) is 10.9. The molecule has 2 atom stereocenters. The number of fused-ring (bicyclic) bond motifs is 1. The second-order valence-electron chi connectivity index (χ2n) is 4.95. The van der Waals surface area contributed by atoms with Crippen molar-refractivity contribution in [3.05, 3.63) is 23.8 Å². The molecular formula is C14H20N2O3. The van der Waals surface area contributed by atoms with E-state index in [1.807, 2.05) is 18.2 Å². The first kappa shape index (κ1) is 12.7. The van der Waals surface area contributed by atoms with Crippen LogP contribution in [0.15, 0.2) is 18.2 Å². The molecule has 5 heteroatoms. The Balaban J connectivity index is 1.85. The third-order valence-electron chi connectivity index (χ3n) is 3.65. The Morgan fingerprint density at radius 1 is 1.11 bits per heavy atom. The summed E-state index contributed by atoms with van der Waals surface area (Å²) in [4.78, 5) is 0. The molecule has 2 unspecified atom stereocenters. The molecule has 0 aliphatic carbocycles. The van der Waals surface area contributed by atoms with Gasteiger partial charge in [0.25, 0.3) is 0 Å². The van der Waals surface area contributed by atoms with Crippen LogP contribution < -0.4 is 20.7 Å². The average Bonchev–Trinajstić information content (AvgIpc) is 2.85. The molecule has 1 aromatic rings. The molecular weight excluding hydrogens is 244 g/mol. The highest BCUT2D eigenvalue weighted by Crippen LogP contribution is 2.34. The molecule has 1 fully saturated rings.